The van der Waals surface area contributed by atoms with Gasteiger partial charge < -0.3 is 15.2 Å². The van der Waals surface area contributed by atoms with Gasteiger partial charge in [0.05, 0.1) is 29.5 Å². The first kappa shape index (κ1) is 20.6. The number of Topliss-reactive ketones (excluding diaryl/α,β-unsaturated/α-hetero) is 1. The van der Waals surface area contributed by atoms with Crippen LogP contribution in [0, 0.1) is 0 Å². The first-order valence-corrected chi connectivity index (χ1v) is 10.1. The van der Waals surface area contributed by atoms with Crippen molar-refractivity contribution < 1.29 is 29.0 Å². The first-order chi connectivity index (χ1) is 13.9. The van der Waals surface area contributed by atoms with Crippen LogP contribution in [-0.2, 0) is 20.7 Å². The van der Waals surface area contributed by atoms with Gasteiger partial charge in [-0.1, -0.05) is 0 Å². The first-order valence-electron chi connectivity index (χ1n) is 8.42. The number of carboxylic acids is 1. The average molecular weight is 433 g/mol. The number of carbonyl (C=O) groups is 4. The summed E-state index contributed by atoms with van der Waals surface area (Å²) in [5.74, 6) is -2.88. The van der Waals surface area contributed by atoms with Crippen LogP contribution in [0.2, 0.25) is 0 Å². The number of pyridine rings is 1. The number of anilines is 1. The number of fused-ring (bicyclic) bond motifs is 1. The summed E-state index contributed by atoms with van der Waals surface area (Å²) in [4.78, 5) is 56.3. The molecule has 3 heterocycles. The molecule has 0 unspecified atom stereocenters. The van der Waals surface area contributed by atoms with Gasteiger partial charge in [-0.2, -0.15) is 0 Å². The second-order valence-electron chi connectivity index (χ2n) is 5.75. The number of thiazole rings is 1. The maximum absolute atomic E-state index is 12.6. The zero-order valence-corrected chi connectivity index (χ0v) is 16.8. The van der Waals surface area contributed by atoms with E-state index in [0.717, 1.165) is 27.4 Å². The maximum Gasteiger partial charge on any atom is 0.313 e. The van der Waals surface area contributed by atoms with Crippen molar-refractivity contribution in [1.82, 2.24) is 9.97 Å². The Morgan fingerprint density at radius 2 is 2.03 bits per heavy atom. The third-order valence-corrected chi connectivity index (χ3v) is 5.72. The Hall–Kier alpha value is -3.18. The van der Waals surface area contributed by atoms with Gasteiger partial charge in [-0.3, -0.25) is 24.2 Å². The van der Waals surface area contributed by atoms with Gasteiger partial charge in [-0.25, -0.2) is 4.98 Å². The number of aliphatic carboxylic acids is 1. The van der Waals surface area contributed by atoms with Crippen LogP contribution in [0.3, 0.4) is 0 Å². The normalized spacial score (nSPS) is 10.7. The molecule has 2 N–H and O–H groups in total. The van der Waals surface area contributed by atoms with Crippen molar-refractivity contribution in [2.75, 3.05) is 11.9 Å². The Kier molecular flexibility index (Phi) is 6.29. The van der Waals surface area contributed by atoms with Crippen molar-refractivity contribution in [3.63, 3.8) is 0 Å². The van der Waals surface area contributed by atoms with Gasteiger partial charge in [0.2, 0.25) is 0 Å². The van der Waals surface area contributed by atoms with E-state index in [1.54, 1.807) is 19.2 Å². The number of amides is 1. The summed E-state index contributed by atoms with van der Waals surface area (Å²) in [6, 6.07) is 3.10. The molecular weight excluding hydrogens is 418 g/mol. The number of thiophene rings is 1. The zero-order chi connectivity index (χ0) is 21.0. The van der Waals surface area contributed by atoms with Crippen LogP contribution in [0.15, 0.2) is 24.5 Å². The SMILES string of the molecule is CCOC(=O)CC(=O)c1cc(CC(=O)O)sc1NC(=O)c1nc2cnccc2s1. The van der Waals surface area contributed by atoms with Gasteiger partial charge in [-0.15, -0.1) is 22.7 Å². The fourth-order valence-corrected chi connectivity index (χ4v) is 4.34. The summed E-state index contributed by atoms with van der Waals surface area (Å²) >= 11 is 2.13. The van der Waals surface area contributed by atoms with Crippen LogP contribution < -0.4 is 5.32 Å². The number of esters is 1. The lowest BCUT2D eigenvalue weighted by molar-refractivity contribution is -0.142. The van der Waals surface area contributed by atoms with E-state index >= 15 is 0 Å². The molecule has 0 bridgehead atoms. The quantitative estimate of drug-likeness (QED) is 0.314. The highest BCUT2D eigenvalue weighted by Gasteiger charge is 2.23. The van der Waals surface area contributed by atoms with Gasteiger partial charge in [0.15, 0.2) is 10.8 Å². The zero-order valence-electron chi connectivity index (χ0n) is 15.1. The van der Waals surface area contributed by atoms with Gasteiger partial charge >= 0.3 is 11.9 Å². The number of ketones is 1. The molecule has 3 aromatic rings. The van der Waals surface area contributed by atoms with Crippen molar-refractivity contribution in [3.8, 4) is 0 Å². The van der Waals surface area contributed by atoms with Crippen LogP contribution in [0.25, 0.3) is 10.2 Å². The van der Waals surface area contributed by atoms with Crippen molar-refractivity contribution in [1.29, 1.82) is 0 Å². The van der Waals surface area contributed by atoms with E-state index in [2.05, 4.69) is 15.3 Å². The molecule has 0 aliphatic heterocycles. The number of hydrogen-bond donors (Lipinski definition) is 2. The van der Waals surface area contributed by atoms with E-state index in [1.165, 1.54) is 12.3 Å². The summed E-state index contributed by atoms with van der Waals surface area (Å²) in [6.07, 6.45) is 2.30. The highest BCUT2D eigenvalue weighted by molar-refractivity contribution is 7.20. The predicted octanol–water partition coefficient (Wildman–Crippen LogP) is 2.77. The van der Waals surface area contributed by atoms with Crippen LogP contribution in [0.5, 0.6) is 0 Å². The maximum atomic E-state index is 12.6. The highest BCUT2D eigenvalue weighted by atomic mass is 32.1. The smallest absolute Gasteiger partial charge is 0.313 e. The van der Waals surface area contributed by atoms with E-state index in [1.807, 2.05) is 0 Å². The fourth-order valence-electron chi connectivity index (χ4n) is 2.45. The van der Waals surface area contributed by atoms with E-state index in [0.29, 0.717) is 10.4 Å². The van der Waals surface area contributed by atoms with E-state index < -0.39 is 30.0 Å². The Morgan fingerprint density at radius 3 is 2.72 bits per heavy atom. The van der Waals surface area contributed by atoms with E-state index in [9.17, 15) is 19.2 Å². The van der Waals surface area contributed by atoms with Gasteiger partial charge in [0.25, 0.3) is 5.91 Å². The number of carbonyl (C=O) groups excluding carboxylic acids is 3. The molecular formula is C18H15N3O6S2. The van der Waals surface area contributed by atoms with Crippen LogP contribution in [0.1, 0.15) is 38.4 Å². The molecule has 0 saturated carbocycles. The number of ether oxygens (including phenoxy) is 1. The minimum atomic E-state index is -1.08. The number of nitrogens with zero attached hydrogens (tertiary/aromatic N) is 2. The Morgan fingerprint density at radius 1 is 1.24 bits per heavy atom. The van der Waals surface area contributed by atoms with Crippen molar-refractivity contribution in [3.05, 3.63) is 40.0 Å². The molecule has 0 saturated heterocycles. The summed E-state index contributed by atoms with van der Waals surface area (Å²) in [5, 5.41) is 12.0. The molecule has 29 heavy (non-hydrogen) atoms. The number of aromatic nitrogens is 2. The summed E-state index contributed by atoms with van der Waals surface area (Å²) < 4.78 is 5.56. The van der Waals surface area contributed by atoms with Crippen LogP contribution in [-0.4, -0.2) is 45.3 Å². The van der Waals surface area contributed by atoms with E-state index in [-0.39, 0.29) is 28.6 Å². The molecule has 11 heteroatoms. The molecule has 3 aromatic heterocycles. The largest absolute Gasteiger partial charge is 0.481 e. The molecule has 9 nitrogen and oxygen atoms in total. The molecule has 0 radical (unpaired) electrons. The standard InChI is InChI=1S/C18H15N3O6S2/c1-2-27-15(25)7-12(22)10-5-9(6-14(23)24)28-17(10)21-16(26)18-20-11-8-19-4-3-13(11)29-18/h3-5,8H,2,6-7H2,1H3,(H,21,26)(H,23,24). The van der Waals surface area contributed by atoms with Gasteiger partial charge in [0, 0.05) is 11.1 Å². The second kappa shape index (κ2) is 8.88. The molecule has 0 fully saturated rings. The third-order valence-electron chi connectivity index (χ3n) is 3.63. The molecule has 0 spiro atoms. The highest BCUT2D eigenvalue weighted by Crippen LogP contribution is 2.31. The Labute approximate surface area is 172 Å². The van der Waals surface area contributed by atoms with Crippen molar-refractivity contribution in [2.45, 2.75) is 19.8 Å². The number of rotatable bonds is 8. The fraction of sp³-hybridized carbons (Fsp3) is 0.222. The summed E-state index contributed by atoms with van der Waals surface area (Å²) in [6.45, 7) is 1.76. The average Bonchev–Trinajstić information content (AvgIpc) is 3.25. The van der Waals surface area contributed by atoms with Crippen molar-refractivity contribution >= 4 is 61.5 Å². The monoisotopic (exact) mass is 433 g/mol. The summed E-state index contributed by atoms with van der Waals surface area (Å²) in [5.41, 5.74) is 0.634. The topological polar surface area (TPSA) is 136 Å². The van der Waals surface area contributed by atoms with Crippen LogP contribution >= 0.6 is 22.7 Å². The Bertz CT molecular complexity index is 1070. The lowest BCUT2D eigenvalue weighted by Crippen LogP contribution is -2.15. The molecule has 0 aliphatic carbocycles. The minimum absolute atomic E-state index is 0.0652. The lowest BCUT2D eigenvalue weighted by atomic mass is 10.1. The second-order valence-corrected chi connectivity index (χ2v) is 7.91. The molecule has 0 aromatic carbocycles. The summed E-state index contributed by atoms with van der Waals surface area (Å²) in [7, 11) is 0. The van der Waals surface area contributed by atoms with Crippen LogP contribution in [0.4, 0.5) is 5.00 Å². The number of nitrogens with one attached hydrogen (secondary N) is 1. The molecule has 1 amide bonds. The number of hydrogen-bond acceptors (Lipinski definition) is 9. The molecule has 0 aliphatic rings. The van der Waals surface area contributed by atoms with E-state index in [4.69, 9.17) is 9.84 Å². The van der Waals surface area contributed by atoms with Gasteiger partial charge in [0.1, 0.15) is 16.9 Å². The molecule has 3 rings (SSSR count). The van der Waals surface area contributed by atoms with Gasteiger partial charge in [-0.05, 0) is 19.1 Å². The molecule has 0 atom stereocenters. The Balaban J connectivity index is 1.86. The molecule has 150 valence electrons. The number of carboxylic acid groups (broad SMARTS) is 1. The lowest BCUT2D eigenvalue weighted by Gasteiger charge is -2.04. The van der Waals surface area contributed by atoms with Crippen molar-refractivity contribution in [2.24, 2.45) is 0 Å². The third kappa shape index (κ3) is 5.00. The minimum Gasteiger partial charge on any atom is -0.481 e. The predicted molar refractivity (Wildman–Crippen MR) is 107 cm³/mol.